The Kier molecular flexibility index (Phi) is 4.36. The largest absolute Gasteiger partial charge is 0.353 e. The minimum Gasteiger partial charge on any atom is -0.353 e. The Hall–Kier alpha value is -2.35. The molecular weight excluding hydrogens is 250 g/mol. The van der Waals surface area contributed by atoms with Crippen LogP contribution >= 0.6 is 0 Å². The first-order chi connectivity index (χ1) is 9.74. The highest BCUT2D eigenvalue weighted by Gasteiger charge is 2.17. The lowest BCUT2D eigenvalue weighted by molar-refractivity contribution is 0.730. The molecule has 2 aromatic rings. The van der Waals surface area contributed by atoms with Crippen LogP contribution in [0.15, 0.2) is 24.3 Å². The smallest absolute Gasteiger partial charge is 0.207 e. The molecule has 0 aliphatic heterocycles. The summed E-state index contributed by atoms with van der Waals surface area (Å²) >= 11 is 0. The van der Waals surface area contributed by atoms with Crippen molar-refractivity contribution in [3.63, 3.8) is 0 Å². The zero-order chi connectivity index (χ0) is 14.5. The van der Waals surface area contributed by atoms with Crippen LogP contribution in [0, 0.1) is 11.3 Å². The van der Waals surface area contributed by atoms with Crippen molar-refractivity contribution in [2.24, 2.45) is 0 Å². The van der Waals surface area contributed by atoms with Crippen LogP contribution in [0.5, 0.6) is 0 Å². The van der Waals surface area contributed by atoms with Gasteiger partial charge in [0.05, 0.1) is 5.69 Å². The van der Waals surface area contributed by atoms with Crippen LogP contribution in [-0.4, -0.2) is 28.1 Å². The van der Waals surface area contributed by atoms with Crippen LogP contribution in [0.1, 0.15) is 32.0 Å². The minimum atomic E-state index is 0.375. The number of aryl methyl sites for hydroxylation is 1. The van der Waals surface area contributed by atoms with Gasteiger partial charge in [0, 0.05) is 13.1 Å². The highest BCUT2D eigenvalue weighted by molar-refractivity contribution is 5.51. The Morgan fingerprint density at radius 3 is 2.45 bits per heavy atom. The maximum atomic E-state index is 9.25. The lowest BCUT2D eigenvalue weighted by Gasteiger charge is -2.16. The van der Waals surface area contributed by atoms with Gasteiger partial charge in [-0.2, -0.15) is 5.26 Å². The zero-order valence-electron chi connectivity index (χ0n) is 12.2. The van der Waals surface area contributed by atoms with Crippen molar-refractivity contribution in [3.8, 4) is 11.8 Å². The highest BCUT2D eigenvalue weighted by Crippen LogP contribution is 2.19. The number of anilines is 1. The van der Waals surface area contributed by atoms with Crippen LogP contribution in [0.4, 0.5) is 5.82 Å². The van der Waals surface area contributed by atoms with Gasteiger partial charge in [-0.15, -0.1) is 15.0 Å². The van der Waals surface area contributed by atoms with Gasteiger partial charge in [0.1, 0.15) is 6.07 Å². The lowest BCUT2D eigenvalue weighted by atomic mass is 10.1. The second-order valence-corrected chi connectivity index (χ2v) is 4.43. The third-order valence-corrected chi connectivity index (χ3v) is 3.35. The van der Waals surface area contributed by atoms with Gasteiger partial charge >= 0.3 is 0 Å². The van der Waals surface area contributed by atoms with Gasteiger partial charge in [0.25, 0.3) is 0 Å². The Labute approximate surface area is 119 Å². The predicted molar refractivity (Wildman–Crippen MR) is 79.0 cm³/mol. The quantitative estimate of drug-likeness (QED) is 0.837. The fourth-order valence-electron chi connectivity index (χ4n) is 2.22. The van der Waals surface area contributed by atoms with Gasteiger partial charge < -0.3 is 4.90 Å². The minimum absolute atomic E-state index is 0.375. The van der Waals surface area contributed by atoms with E-state index in [0.717, 1.165) is 30.8 Å². The zero-order valence-corrected chi connectivity index (χ0v) is 12.2. The van der Waals surface area contributed by atoms with Crippen molar-refractivity contribution in [3.05, 3.63) is 35.5 Å². The molecule has 1 heterocycles. The summed E-state index contributed by atoms with van der Waals surface area (Å²) in [5.41, 5.74) is 2.47. The molecule has 1 aromatic heterocycles. The summed E-state index contributed by atoms with van der Waals surface area (Å²) in [4.78, 5) is 3.61. The Morgan fingerprint density at radius 2 is 1.85 bits per heavy atom. The van der Waals surface area contributed by atoms with Crippen LogP contribution in [0.25, 0.3) is 5.69 Å². The van der Waals surface area contributed by atoms with Crippen molar-refractivity contribution in [1.29, 1.82) is 5.26 Å². The van der Waals surface area contributed by atoms with E-state index in [1.54, 1.807) is 4.80 Å². The van der Waals surface area contributed by atoms with Gasteiger partial charge in [-0.05, 0) is 31.9 Å². The van der Waals surface area contributed by atoms with E-state index in [1.807, 2.05) is 36.9 Å². The van der Waals surface area contributed by atoms with Crippen LogP contribution in [0.2, 0.25) is 0 Å². The summed E-state index contributed by atoms with van der Waals surface area (Å²) in [7, 11) is 0. The first-order valence-corrected chi connectivity index (χ1v) is 6.95. The average Bonchev–Trinajstić information content (AvgIpc) is 2.92. The number of nitrogens with zero attached hydrogens (tertiary/aromatic N) is 5. The molecule has 0 amide bonds. The molecule has 0 aliphatic rings. The number of rotatable bonds is 5. The molecule has 5 nitrogen and oxygen atoms in total. The topological polar surface area (TPSA) is 57.7 Å². The number of aromatic nitrogens is 3. The monoisotopic (exact) mass is 269 g/mol. The van der Waals surface area contributed by atoms with Crippen molar-refractivity contribution in [2.45, 2.75) is 27.2 Å². The van der Waals surface area contributed by atoms with Crippen molar-refractivity contribution in [2.75, 3.05) is 18.0 Å². The van der Waals surface area contributed by atoms with Gasteiger partial charge in [0.2, 0.25) is 5.69 Å². The normalized spacial score (nSPS) is 10.3. The fraction of sp³-hybridized carbons (Fsp3) is 0.400. The molecule has 20 heavy (non-hydrogen) atoms. The van der Waals surface area contributed by atoms with Crippen molar-refractivity contribution >= 4 is 5.82 Å². The first kappa shape index (κ1) is 14.1. The molecular formula is C15H19N5. The summed E-state index contributed by atoms with van der Waals surface area (Å²) in [6.07, 6.45) is 0.903. The molecule has 0 N–H and O–H groups in total. The van der Waals surface area contributed by atoms with E-state index >= 15 is 0 Å². The summed E-state index contributed by atoms with van der Waals surface area (Å²) < 4.78 is 0. The lowest BCUT2D eigenvalue weighted by Crippen LogP contribution is -2.23. The summed E-state index contributed by atoms with van der Waals surface area (Å²) in [5, 5.41) is 18.1. The molecule has 0 bridgehead atoms. The van der Waals surface area contributed by atoms with E-state index in [2.05, 4.69) is 29.3 Å². The van der Waals surface area contributed by atoms with Gasteiger partial charge in [-0.3, -0.25) is 0 Å². The average molecular weight is 269 g/mol. The molecule has 1 aromatic carbocycles. The number of hydrogen-bond donors (Lipinski definition) is 0. The molecule has 0 aliphatic carbocycles. The fourth-order valence-corrected chi connectivity index (χ4v) is 2.22. The van der Waals surface area contributed by atoms with Gasteiger partial charge in [-0.25, -0.2) is 0 Å². The highest BCUT2D eigenvalue weighted by atomic mass is 15.5. The molecule has 5 heteroatoms. The second kappa shape index (κ2) is 6.20. The standard InChI is InChI=1S/C15H19N5/c1-4-12-9-7-8-10-14(12)20-17-13(11-16)15(18-20)19(5-2)6-3/h7-10H,4-6H2,1-3H3. The molecule has 0 atom stereocenters. The Bertz CT molecular complexity index is 619. The van der Waals surface area contributed by atoms with E-state index < -0.39 is 0 Å². The number of hydrogen-bond acceptors (Lipinski definition) is 4. The van der Waals surface area contributed by atoms with Crippen LogP contribution in [0.3, 0.4) is 0 Å². The maximum Gasteiger partial charge on any atom is 0.207 e. The Balaban J connectivity index is 2.52. The first-order valence-electron chi connectivity index (χ1n) is 6.95. The summed E-state index contributed by atoms with van der Waals surface area (Å²) in [6, 6.07) is 10.1. The van der Waals surface area contributed by atoms with Gasteiger partial charge in [0.15, 0.2) is 5.82 Å². The summed E-state index contributed by atoms with van der Waals surface area (Å²) in [6.45, 7) is 7.80. The van der Waals surface area contributed by atoms with Gasteiger partial charge in [-0.1, -0.05) is 25.1 Å². The Morgan fingerprint density at radius 1 is 1.15 bits per heavy atom. The molecule has 0 fully saturated rings. The molecule has 0 radical (unpaired) electrons. The van der Waals surface area contributed by atoms with Crippen molar-refractivity contribution in [1.82, 2.24) is 15.0 Å². The molecule has 0 unspecified atom stereocenters. The molecule has 0 saturated heterocycles. The van der Waals surface area contributed by atoms with E-state index in [-0.39, 0.29) is 0 Å². The van der Waals surface area contributed by atoms with E-state index in [1.165, 1.54) is 0 Å². The second-order valence-electron chi connectivity index (χ2n) is 4.43. The number of nitriles is 1. The van der Waals surface area contributed by atoms with Crippen LogP contribution in [-0.2, 0) is 6.42 Å². The number of para-hydroxylation sites is 1. The van der Waals surface area contributed by atoms with E-state index in [0.29, 0.717) is 11.5 Å². The predicted octanol–water partition coefficient (Wildman–Crippen LogP) is 2.55. The molecule has 104 valence electrons. The third-order valence-electron chi connectivity index (χ3n) is 3.35. The van der Waals surface area contributed by atoms with E-state index in [4.69, 9.17) is 0 Å². The molecule has 0 spiro atoms. The van der Waals surface area contributed by atoms with Crippen LogP contribution < -0.4 is 4.90 Å². The third kappa shape index (κ3) is 2.50. The molecule has 2 rings (SSSR count). The van der Waals surface area contributed by atoms with Crippen molar-refractivity contribution < 1.29 is 0 Å². The SMILES string of the molecule is CCc1ccccc1-n1nc(C#N)c(N(CC)CC)n1. The van der Waals surface area contributed by atoms with E-state index in [9.17, 15) is 5.26 Å². The number of benzene rings is 1. The maximum absolute atomic E-state index is 9.25. The molecule has 0 saturated carbocycles. The summed E-state index contributed by atoms with van der Waals surface area (Å²) in [5.74, 6) is 0.656.